The van der Waals surface area contributed by atoms with Gasteiger partial charge in [-0.25, -0.2) is 4.79 Å². The minimum atomic E-state index is -0.859. The molecule has 0 radical (unpaired) electrons. The van der Waals surface area contributed by atoms with Crippen LogP contribution in [0.2, 0.25) is 0 Å². The molecule has 0 saturated heterocycles. The Morgan fingerprint density at radius 1 is 1.36 bits per heavy atom. The highest BCUT2D eigenvalue weighted by Gasteiger charge is 2.15. The van der Waals surface area contributed by atoms with Gasteiger partial charge in [0.15, 0.2) is 6.10 Å². The molecule has 0 saturated carbocycles. The van der Waals surface area contributed by atoms with Crippen LogP contribution in [0.4, 0.5) is 0 Å². The highest BCUT2D eigenvalue weighted by Crippen LogP contribution is 2.01. The van der Waals surface area contributed by atoms with Gasteiger partial charge in [0.25, 0.3) is 0 Å². The first-order valence-corrected chi connectivity index (χ1v) is 5.27. The van der Waals surface area contributed by atoms with Gasteiger partial charge in [-0.2, -0.15) is 0 Å². The van der Waals surface area contributed by atoms with E-state index < -0.39 is 12.1 Å². The molecule has 0 aliphatic carbocycles. The van der Waals surface area contributed by atoms with E-state index in [1.165, 1.54) is 0 Å². The molecule has 0 spiro atoms. The summed E-state index contributed by atoms with van der Waals surface area (Å²) in [7, 11) is 0. The highest BCUT2D eigenvalue weighted by atomic mass is 16.5. The molecule has 0 aliphatic heterocycles. The van der Waals surface area contributed by atoms with Crippen molar-refractivity contribution in [1.29, 1.82) is 0 Å². The van der Waals surface area contributed by atoms with Crippen LogP contribution in [0.25, 0.3) is 0 Å². The molecule has 1 unspecified atom stereocenters. The second-order valence-corrected chi connectivity index (χ2v) is 3.24. The SMILES string of the molecule is CCCNCCOC(CCC)C(=O)O. The van der Waals surface area contributed by atoms with E-state index in [0.717, 1.165) is 25.9 Å². The van der Waals surface area contributed by atoms with Crippen molar-refractivity contribution >= 4 is 5.97 Å². The van der Waals surface area contributed by atoms with Crippen LogP contribution >= 0.6 is 0 Å². The molecular formula is C10H21NO3. The van der Waals surface area contributed by atoms with Crippen molar-refractivity contribution in [3.63, 3.8) is 0 Å². The van der Waals surface area contributed by atoms with E-state index in [4.69, 9.17) is 9.84 Å². The fourth-order valence-electron chi connectivity index (χ4n) is 1.12. The predicted octanol–water partition coefficient (Wildman–Crippen LogP) is 1.26. The Labute approximate surface area is 85.6 Å². The molecule has 4 nitrogen and oxygen atoms in total. The third-order valence-corrected chi connectivity index (χ3v) is 1.85. The van der Waals surface area contributed by atoms with Crippen molar-refractivity contribution < 1.29 is 14.6 Å². The Morgan fingerprint density at radius 3 is 2.57 bits per heavy atom. The lowest BCUT2D eigenvalue weighted by atomic mass is 10.2. The number of nitrogens with one attached hydrogen (secondary N) is 1. The second kappa shape index (κ2) is 8.97. The quantitative estimate of drug-likeness (QED) is 0.554. The number of hydrogen-bond acceptors (Lipinski definition) is 3. The van der Waals surface area contributed by atoms with Gasteiger partial charge in [-0.05, 0) is 19.4 Å². The maximum Gasteiger partial charge on any atom is 0.332 e. The molecular weight excluding hydrogens is 182 g/mol. The smallest absolute Gasteiger partial charge is 0.332 e. The average Bonchev–Trinajstić information content (AvgIpc) is 2.15. The number of carbonyl (C=O) groups is 1. The Hall–Kier alpha value is -0.610. The van der Waals surface area contributed by atoms with Crippen LogP contribution in [-0.2, 0) is 9.53 Å². The molecule has 0 amide bonds. The van der Waals surface area contributed by atoms with Crippen molar-refractivity contribution in [1.82, 2.24) is 5.32 Å². The summed E-state index contributed by atoms with van der Waals surface area (Å²) in [6, 6.07) is 0. The zero-order valence-corrected chi connectivity index (χ0v) is 9.08. The van der Waals surface area contributed by atoms with Crippen LogP contribution in [0.3, 0.4) is 0 Å². The zero-order valence-electron chi connectivity index (χ0n) is 9.08. The van der Waals surface area contributed by atoms with Gasteiger partial charge < -0.3 is 15.2 Å². The molecule has 14 heavy (non-hydrogen) atoms. The van der Waals surface area contributed by atoms with Crippen LogP contribution in [0.5, 0.6) is 0 Å². The predicted molar refractivity (Wildman–Crippen MR) is 55.4 cm³/mol. The van der Waals surface area contributed by atoms with E-state index >= 15 is 0 Å². The number of hydrogen-bond donors (Lipinski definition) is 2. The number of rotatable bonds is 9. The molecule has 0 aliphatic rings. The molecule has 0 heterocycles. The molecule has 0 bridgehead atoms. The molecule has 4 heteroatoms. The lowest BCUT2D eigenvalue weighted by Gasteiger charge is -2.12. The van der Waals surface area contributed by atoms with Gasteiger partial charge in [-0.1, -0.05) is 20.3 Å². The summed E-state index contributed by atoms with van der Waals surface area (Å²) in [5.41, 5.74) is 0. The van der Waals surface area contributed by atoms with E-state index in [0.29, 0.717) is 13.0 Å². The minimum absolute atomic E-state index is 0.469. The van der Waals surface area contributed by atoms with Gasteiger partial charge in [0.05, 0.1) is 6.61 Å². The molecule has 84 valence electrons. The fourth-order valence-corrected chi connectivity index (χ4v) is 1.12. The summed E-state index contributed by atoms with van der Waals surface area (Å²) in [5.74, 6) is -0.859. The van der Waals surface area contributed by atoms with Crippen molar-refractivity contribution in [2.75, 3.05) is 19.7 Å². The lowest BCUT2D eigenvalue weighted by molar-refractivity contribution is -0.150. The fraction of sp³-hybridized carbons (Fsp3) is 0.900. The normalized spacial score (nSPS) is 12.7. The third-order valence-electron chi connectivity index (χ3n) is 1.85. The van der Waals surface area contributed by atoms with E-state index in [2.05, 4.69) is 12.2 Å². The third kappa shape index (κ3) is 6.86. The van der Waals surface area contributed by atoms with E-state index in [9.17, 15) is 4.79 Å². The van der Waals surface area contributed by atoms with Crippen molar-refractivity contribution in [3.05, 3.63) is 0 Å². The van der Waals surface area contributed by atoms with Gasteiger partial charge in [0, 0.05) is 6.54 Å². The van der Waals surface area contributed by atoms with Crippen LogP contribution in [0, 0.1) is 0 Å². The molecule has 0 rings (SSSR count). The van der Waals surface area contributed by atoms with Crippen LogP contribution in [-0.4, -0.2) is 36.9 Å². The second-order valence-electron chi connectivity index (χ2n) is 3.24. The summed E-state index contributed by atoms with van der Waals surface area (Å²) in [5, 5.41) is 11.9. The molecule has 0 aromatic rings. The Morgan fingerprint density at radius 2 is 2.07 bits per heavy atom. The van der Waals surface area contributed by atoms with Crippen LogP contribution in [0.15, 0.2) is 0 Å². The van der Waals surface area contributed by atoms with E-state index in [1.807, 2.05) is 6.92 Å². The highest BCUT2D eigenvalue weighted by molar-refractivity contribution is 5.72. The largest absolute Gasteiger partial charge is 0.479 e. The maximum atomic E-state index is 10.7. The number of carboxylic acid groups (broad SMARTS) is 1. The molecule has 0 fully saturated rings. The first-order chi connectivity index (χ1) is 6.72. The lowest BCUT2D eigenvalue weighted by Crippen LogP contribution is -2.28. The monoisotopic (exact) mass is 203 g/mol. The molecule has 1 atom stereocenters. The average molecular weight is 203 g/mol. The number of carboxylic acids is 1. The van der Waals surface area contributed by atoms with Crippen LogP contribution < -0.4 is 5.32 Å². The zero-order chi connectivity index (χ0) is 10.8. The Balaban J connectivity index is 3.46. The molecule has 0 aromatic heterocycles. The standard InChI is InChI=1S/C10H21NO3/c1-3-5-9(10(12)13)14-8-7-11-6-4-2/h9,11H,3-8H2,1-2H3,(H,12,13). The van der Waals surface area contributed by atoms with Crippen molar-refractivity contribution in [2.45, 2.75) is 39.2 Å². The van der Waals surface area contributed by atoms with Gasteiger partial charge in [-0.15, -0.1) is 0 Å². The van der Waals surface area contributed by atoms with Gasteiger partial charge in [0.2, 0.25) is 0 Å². The summed E-state index contributed by atoms with van der Waals surface area (Å²) in [6.07, 6.45) is 1.86. The summed E-state index contributed by atoms with van der Waals surface area (Å²) >= 11 is 0. The van der Waals surface area contributed by atoms with E-state index in [1.54, 1.807) is 0 Å². The molecule has 0 aromatic carbocycles. The maximum absolute atomic E-state index is 10.7. The van der Waals surface area contributed by atoms with Gasteiger partial charge in [0.1, 0.15) is 0 Å². The number of aliphatic carboxylic acids is 1. The molecule has 2 N–H and O–H groups in total. The van der Waals surface area contributed by atoms with Crippen molar-refractivity contribution in [2.24, 2.45) is 0 Å². The van der Waals surface area contributed by atoms with Crippen molar-refractivity contribution in [3.8, 4) is 0 Å². The first-order valence-electron chi connectivity index (χ1n) is 5.27. The summed E-state index contributed by atoms with van der Waals surface area (Å²) in [6.45, 7) is 6.19. The minimum Gasteiger partial charge on any atom is -0.479 e. The number of ether oxygens (including phenoxy) is 1. The topological polar surface area (TPSA) is 58.6 Å². The van der Waals surface area contributed by atoms with E-state index in [-0.39, 0.29) is 0 Å². The van der Waals surface area contributed by atoms with Gasteiger partial charge >= 0.3 is 5.97 Å². The first kappa shape index (κ1) is 13.4. The van der Waals surface area contributed by atoms with Gasteiger partial charge in [-0.3, -0.25) is 0 Å². The summed E-state index contributed by atoms with van der Waals surface area (Å²) < 4.78 is 5.23. The van der Waals surface area contributed by atoms with Crippen LogP contribution in [0.1, 0.15) is 33.1 Å². The Kier molecular flexibility index (Phi) is 8.57. The Bertz CT molecular complexity index is 150. The summed E-state index contributed by atoms with van der Waals surface area (Å²) in [4.78, 5) is 10.7.